The topological polar surface area (TPSA) is 52.7 Å². The number of thiophene rings is 1. The van der Waals surface area contributed by atoms with Crippen LogP contribution in [-0.4, -0.2) is 56.9 Å². The molecule has 5 nitrogen and oxygen atoms in total. The second kappa shape index (κ2) is 7.19. The molecule has 0 amide bonds. The molecule has 0 aliphatic carbocycles. The fraction of sp³-hybridized carbons (Fsp3) is 0.714. The maximum Gasteiger partial charge on any atom is 0.252 e. The van der Waals surface area contributed by atoms with E-state index in [-0.39, 0.29) is 6.04 Å². The van der Waals surface area contributed by atoms with Gasteiger partial charge < -0.3 is 10.2 Å². The minimum absolute atomic E-state index is 0.0255. The largest absolute Gasteiger partial charge is 0.313 e. The van der Waals surface area contributed by atoms with Crippen LogP contribution in [0, 0.1) is 0 Å². The van der Waals surface area contributed by atoms with E-state index in [2.05, 4.69) is 17.1 Å². The Balaban J connectivity index is 2.09. The average Bonchev–Trinajstić information content (AvgIpc) is 2.88. The summed E-state index contributed by atoms with van der Waals surface area (Å²) in [6, 6.07) is 1.84. The van der Waals surface area contributed by atoms with E-state index in [9.17, 15) is 8.42 Å². The molecule has 0 saturated carbocycles. The van der Waals surface area contributed by atoms with Crippen LogP contribution in [0.5, 0.6) is 0 Å². The summed E-state index contributed by atoms with van der Waals surface area (Å²) in [4.78, 5) is 2.17. The van der Waals surface area contributed by atoms with Crippen molar-refractivity contribution in [1.29, 1.82) is 0 Å². The van der Waals surface area contributed by atoms with Crippen molar-refractivity contribution in [3.63, 3.8) is 0 Å². The predicted octanol–water partition coefficient (Wildman–Crippen LogP) is 1.57. The molecule has 2 heterocycles. The van der Waals surface area contributed by atoms with Crippen molar-refractivity contribution in [3.05, 3.63) is 17.0 Å². The molecule has 1 saturated heterocycles. The first-order chi connectivity index (χ1) is 9.95. The van der Waals surface area contributed by atoms with Crippen LogP contribution >= 0.6 is 11.3 Å². The van der Waals surface area contributed by atoms with Crippen molar-refractivity contribution >= 4 is 21.4 Å². The highest BCUT2D eigenvalue weighted by Gasteiger charge is 2.33. The van der Waals surface area contributed by atoms with Crippen LogP contribution < -0.4 is 5.32 Å². The van der Waals surface area contributed by atoms with Crippen molar-refractivity contribution < 1.29 is 8.42 Å². The number of nitrogens with one attached hydrogen (secondary N) is 1. The van der Waals surface area contributed by atoms with Gasteiger partial charge in [0.25, 0.3) is 10.0 Å². The standard InChI is InChI=1S/C14H25N3O2S2/c1-4-5-15-9-13-8-14(20-11-13)21(18,19)17-7-6-16(3)10-12(17)2/h8,11-12,15H,4-7,9-10H2,1-3H3. The fourth-order valence-electron chi connectivity index (χ4n) is 2.59. The first-order valence-corrected chi connectivity index (χ1v) is 9.75. The van der Waals surface area contributed by atoms with Gasteiger partial charge in [-0.3, -0.25) is 0 Å². The molecule has 0 spiro atoms. The Kier molecular flexibility index (Phi) is 5.79. The third-order valence-electron chi connectivity index (χ3n) is 3.72. The maximum absolute atomic E-state index is 12.7. The Bertz CT molecular complexity index is 556. The summed E-state index contributed by atoms with van der Waals surface area (Å²) in [6.45, 7) is 7.93. The van der Waals surface area contributed by atoms with E-state index in [0.29, 0.717) is 10.8 Å². The Morgan fingerprint density at radius 2 is 2.19 bits per heavy atom. The molecule has 2 rings (SSSR count). The van der Waals surface area contributed by atoms with E-state index >= 15 is 0 Å². The quantitative estimate of drug-likeness (QED) is 0.804. The third-order valence-corrected chi connectivity index (χ3v) is 7.20. The van der Waals surface area contributed by atoms with E-state index in [0.717, 1.165) is 38.2 Å². The minimum atomic E-state index is -3.35. The molecule has 120 valence electrons. The van der Waals surface area contributed by atoms with E-state index in [1.165, 1.54) is 11.3 Å². The lowest BCUT2D eigenvalue weighted by atomic mass is 10.2. The molecule has 0 aromatic carbocycles. The Labute approximate surface area is 132 Å². The SMILES string of the molecule is CCCNCc1csc(S(=O)(=O)N2CCN(C)CC2C)c1. The molecule has 1 aromatic rings. The molecule has 1 aliphatic rings. The first kappa shape index (κ1) is 16.9. The summed E-state index contributed by atoms with van der Waals surface area (Å²) in [5.74, 6) is 0. The van der Waals surface area contributed by atoms with Gasteiger partial charge in [0.1, 0.15) is 4.21 Å². The Morgan fingerprint density at radius 3 is 2.86 bits per heavy atom. The zero-order chi connectivity index (χ0) is 15.5. The number of likely N-dealkylation sites (N-methyl/N-ethyl adjacent to an activating group) is 1. The summed E-state index contributed by atoms with van der Waals surface area (Å²) < 4.78 is 27.6. The lowest BCUT2D eigenvalue weighted by Crippen LogP contribution is -2.52. The molecular weight excluding hydrogens is 306 g/mol. The molecule has 0 bridgehead atoms. The molecule has 1 unspecified atom stereocenters. The van der Waals surface area contributed by atoms with Gasteiger partial charge in [-0.15, -0.1) is 11.3 Å². The van der Waals surface area contributed by atoms with E-state index in [1.807, 2.05) is 25.4 Å². The molecule has 7 heteroatoms. The van der Waals surface area contributed by atoms with Crippen LogP contribution in [0.3, 0.4) is 0 Å². The molecular formula is C14H25N3O2S2. The molecule has 1 N–H and O–H groups in total. The Hall–Kier alpha value is -0.470. The molecule has 1 atom stereocenters. The number of nitrogens with zero attached hydrogens (tertiary/aromatic N) is 2. The maximum atomic E-state index is 12.7. The average molecular weight is 332 g/mol. The van der Waals surface area contributed by atoms with E-state index < -0.39 is 10.0 Å². The number of hydrogen-bond acceptors (Lipinski definition) is 5. The third kappa shape index (κ3) is 4.04. The summed E-state index contributed by atoms with van der Waals surface area (Å²) in [5.41, 5.74) is 1.05. The Morgan fingerprint density at radius 1 is 1.43 bits per heavy atom. The molecule has 0 radical (unpaired) electrons. The van der Waals surface area contributed by atoms with Crippen LogP contribution in [0.2, 0.25) is 0 Å². The normalized spacial score (nSPS) is 21.8. The summed E-state index contributed by atoms with van der Waals surface area (Å²) in [5, 5.41) is 5.24. The second-order valence-corrected chi connectivity index (χ2v) is 8.71. The van der Waals surface area contributed by atoms with Crippen molar-refractivity contribution in [2.75, 3.05) is 33.2 Å². The van der Waals surface area contributed by atoms with Gasteiger partial charge in [-0.2, -0.15) is 4.31 Å². The van der Waals surface area contributed by atoms with Gasteiger partial charge in [0.05, 0.1) is 0 Å². The lowest BCUT2D eigenvalue weighted by molar-refractivity contribution is 0.170. The van der Waals surface area contributed by atoms with Gasteiger partial charge in [0.2, 0.25) is 0 Å². The fourth-order valence-corrected chi connectivity index (χ4v) is 5.54. The summed E-state index contributed by atoms with van der Waals surface area (Å²) in [6.07, 6.45) is 1.08. The number of sulfonamides is 1. The van der Waals surface area contributed by atoms with Crippen LogP contribution in [0.1, 0.15) is 25.8 Å². The van der Waals surface area contributed by atoms with Crippen molar-refractivity contribution in [2.45, 2.75) is 37.1 Å². The van der Waals surface area contributed by atoms with Crippen LogP contribution in [0.4, 0.5) is 0 Å². The number of piperazine rings is 1. The van der Waals surface area contributed by atoms with Gasteiger partial charge in [-0.05, 0) is 43.9 Å². The zero-order valence-corrected chi connectivity index (χ0v) is 14.6. The van der Waals surface area contributed by atoms with Crippen molar-refractivity contribution in [3.8, 4) is 0 Å². The molecule has 1 aliphatic heterocycles. The van der Waals surface area contributed by atoms with Gasteiger partial charge in [0.15, 0.2) is 0 Å². The lowest BCUT2D eigenvalue weighted by Gasteiger charge is -2.36. The number of hydrogen-bond donors (Lipinski definition) is 1. The minimum Gasteiger partial charge on any atom is -0.313 e. The van der Waals surface area contributed by atoms with Crippen LogP contribution in [-0.2, 0) is 16.6 Å². The summed E-state index contributed by atoms with van der Waals surface area (Å²) >= 11 is 1.33. The highest BCUT2D eigenvalue weighted by atomic mass is 32.2. The van der Waals surface area contributed by atoms with Gasteiger partial charge in [-0.25, -0.2) is 8.42 Å². The molecule has 21 heavy (non-hydrogen) atoms. The smallest absolute Gasteiger partial charge is 0.252 e. The van der Waals surface area contributed by atoms with E-state index in [1.54, 1.807) is 4.31 Å². The van der Waals surface area contributed by atoms with Crippen LogP contribution in [0.15, 0.2) is 15.7 Å². The molecule has 1 fully saturated rings. The number of rotatable bonds is 6. The van der Waals surface area contributed by atoms with Crippen molar-refractivity contribution in [1.82, 2.24) is 14.5 Å². The van der Waals surface area contributed by atoms with E-state index in [4.69, 9.17) is 0 Å². The van der Waals surface area contributed by atoms with Gasteiger partial charge in [0, 0.05) is 32.2 Å². The predicted molar refractivity (Wildman–Crippen MR) is 87.2 cm³/mol. The van der Waals surface area contributed by atoms with Crippen LogP contribution in [0.25, 0.3) is 0 Å². The highest BCUT2D eigenvalue weighted by Crippen LogP contribution is 2.26. The van der Waals surface area contributed by atoms with Gasteiger partial charge in [-0.1, -0.05) is 6.92 Å². The second-order valence-electron chi connectivity index (χ2n) is 5.68. The monoisotopic (exact) mass is 331 g/mol. The highest BCUT2D eigenvalue weighted by molar-refractivity contribution is 7.91. The van der Waals surface area contributed by atoms with Crippen molar-refractivity contribution in [2.24, 2.45) is 0 Å². The summed E-state index contributed by atoms with van der Waals surface area (Å²) in [7, 11) is -1.32. The molecule has 1 aromatic heterocycles. The van der Waals surface area contributed by atoms with Gasteiger partial charge >= 0.3 is 0 Å². The first-order valence-electron chi connectivity index (χ1n) is 7.43. The zero-order valence-electron chi connectivity index (χ0n) is 13.0.